The van der Waals surface area contributed by atoms with Gasteiger partial charge in [-0.2, -0.15) is 0 Å². The number of aromatic nitrogens is 1. The van der Waals surface area contributed by atoms with E-state index in [4.69, 9.17) is 9.47 Å². The van der Waals surface area contributed by atoms with Crippen molar-refractivity contribution in [3.05, 3.63) is 54.4 Å². The smallest absolute Gasteiger partial charge is 0.261 e. The molecule has 0 N–H and O–H groups in total. The molecule has 0 saturated heterocycles. The van der Waals surface area contributed by atoms with Crippen molar-refractivity contribution >= 4 is 5.91 Å². The summed E-state index contributed by atoms with van der Waals surface area (Å²) >= 11 is 0. The molecule has 1 fully saturated rings. The van der Waals surface area contributed by atoms with Gasteiger partial charge in [0.15, 0.2) is 18.1 Å². The molecule has 1 saturated carbocycles. The van der Waals surface area contributed by atoms with Crippen molar-refractivity contribution in [2.75, 3.05) is 13.7 Å². The van der Waals surface area contributed by atoms with Crippen LogP contribution in [0.15, 0.2) is 48.8 Å². The molecule has 2 aromatic rings. The van der Waals surface area contributed by atoms with Gasteiger partial charge < -0.3 is 14.4 Å². The number of pyridine rings is 1. The molecule has 0 unspecified atom stereocenters. The highest BCUT2D eigenvalue weighted by molar-refractivity contribution is 5.79. The highest BCUT2D eigenvalue weighted by Gasteiger charge is 2.36. The molecule has 0 spiro atoms. The first-order chi connectivity index (χ1) is 11.7. The molecule has 1 aliphatic rings. The first kappa shape index (κ1) is 16.3. The largest absolute Gasteiger partial charge is 0.493 e. The van der Waals surface area contributed by atoms with Gasteiger partial charge in [0, 0.05) is 18.4 Å². The highest BCUT2D eigenvalue weighted by atomic mass is 16.5. The van der Waals surface area contributed by atoms with Crippen molar-refractivity contribution in [3.63, 3.8) is 0 Å². The van der Waals surface area contributed by atoms with Crippen LogP contribution in [0.2, 0.25) is 0 Å². The van der Waals surface area contributed by atoms with Gasteiger partial charge in [0.05, 0.1) is 13.2 Å². The minimum absolute atomic E-state index is 0.00146. The summed E-state index contributed by atoms with van der Waals surface area (Å²) in [6.45, 7) is 2.04. The SMILES string of the molecule is COc1ccccc1OCC(=O)N(C1CC1)[C@H](C)c1cccnc1. The monoisotopic (exact) mass is 326 g/mol. The average molecular weight is 326 g/mol. The maximum Gasteiger partial charge on any atom is 0.261 e. The summed E-state index contributed by atoms with van der Waals surface area (Å²) in [5.74, 6) is 1.20. The Morgan fingerprint density at radius 1 is 1.25 bits per heavy atom. The molecule has 5 heteroatoms. The number of carbonyl (C=O) groups excluding carboxylic acids is 1. The van der Waals surface area contributed by atoms with Crippen LogP contribution in [0.1, 0.15) is 31.4 Å². The van der Waals surface area contributed by atoms with Crippen molar-refractivity contribution in [2.24, 2.45) is 0 Å². The lowest BCUT2D eigenvalue weighted by molar-refractivity contribution is -0.136. The van der Waals surface area contributed by atoms with Gasteiger partial charge >= 0.3 is 0 Å². The van der Waals surface area contributed by atoms with E-state index in [-0.39, 0.29) is 18.6 Å². The van der Waals surface area contributed by atoms with E-state index >= 15 is 0 Å². The molecule has 1 amide bonds. The molecule has 1 atom stereocenters. The lowest BCUT2D eigenvalue weighted by Crippen LogP contribution is -2.38. The molecule has 1 heterocycles. The normalized spacial score (nSPS) is 14.8. The van der Waals surface area contributed by atoms with Gasteiger partial charge in [0.1, 0.15) is 0 Å². The second kappa shape index (κ2) is 7.34. The minimum Gasteiger partial charge on any atom is -0.493 e. The van der Waals surface area contributed by atoms with Gasteiger partial charge in [-0.25, -0.2) is 0 Å². The molecule has 3 rings (SSSR count). The van der Waals surface area contributed by atoms with Crippen molar-refractivity contribution < 1.29 is 14.3 Å². The topological polar surface area (TPSA) is 51.7 Å². The van der Waals surface area contributed by atoms with Crippen LogP contribution in [-0.4, -0.2) is 35.5 Å². The van der Waals surface area contributed by atoms with Crippen molar-refractivity contribution in [1.82, 2.24) is 9.88 Å². The van der Waals surface area contributed by atoms with E-state index < -0.39 is 0 Å². The Labute approximate surface area is 142 Å². The number of methoxy groups -OCH3 is 1. The maximum atomic E-state index is 12.8. The Kier molecular flexibility index (Phi) is 4.99. The molecule has 0 bridgehead atoms. The second-order valence-corrected chi connectivity index (χ2v) is 5.93. The third-order valence-electron chi connectivity index (χ3n) is 4.23. The summed E-state index contributed by atoms with van der Waals surface area (Å²) in [5, 5.41) is 0. The third-order valence-corrected chi connectivity index (χ3v) is 4.23. The van der Waals surface area contributed by atoms with Crippen LogP contribution in [-0.2, 0) is 4.79 Å². The summed E-state index contributed by atoms with van der Waals surface area (Å²) in [6, 6.07) is 11.5. The Morgan fingerprint density at radius 3 is 2.62 bits per heavy atom. The van der Waals surface area contributed by atoms with Gasteiger partial charge in [-0.15, -0.1) is 0 Å². The van der Waals surface area contributed by atoms with Crippen LogP contribution in [0.5, 0.6) is 11.5 Å². The Morgan fingerprint density at radius 2 is 2.00 bits per heavy atom. The zero-order valence-electron chi connectivity index (χ0n) is 14.0. The molecule has 1 aromatic heterocycles. The van der Waals surface area contributed by atoms with Gasteiger partial charge in [-0.1, -0.05) is 18.2 Å². The van der Waals surface area contributed by atoms with E-state index in [1.165, 1.54) is 0 Å². The molecule has 1 aromatic carbocycles. The molecular formula is C19H22N2O3. The summed E-state index contributed by atoms with van der Waals surface area (Å²) in [7, 11) is 1.59. The van der Waals surface area contributed by atoms with Crippen LogP contribution in [0.4, 0.5) is 0 Å². The van der Waals surface area contributed by atoms with Gasteiger partial charge in [-0.3, -0.25) is 9.78 Å². The number of para-hydroxylation sites is 2. The Bertz CT molecular complexity index is 686. The van der Waals surface area contributed by atoms with Gasteiger partial charge in [0.2, 0.25) is 0 Å². The fourth-order valence-electron chi connectivity index (χ4n) is 2.82. The van der Waals surface area contributed by atoms with Crippen molar-refractivity contribution in [3.8, 4) is 11.5 Å². The summed E-state index contributed by atoms with van der Waals surface area (Å²) in [4.78, 5) is 18.8. The lowest BCUT2D eigenvalue weighted by Gasteiger charge is -2.29. The summed E-state index contributed by atoms with van der Waals surface area (Å²) in [5.41, 5.74) is 1.04. The molecule has 0 radical (unpaired) electrons. The summed E-state index contributed by atoms with van der Waals surface area (Å²) in [6.07, 6.45) is 5.65. The fourth-order valence-corrected chi connectivity index (χ4v) is 2.82. The van der Waals surface area contributed by atoms with Crippen molar-refractivity contribution in [2.45, 2.75) is 31.8 Å². The number of carbonyl (C=O) groups is 1. The Balaban J connectivity index is 1.69. The van der Waals surface area contributed by atoms with E-state index in [2.05, 4.69) is 4.98 Å². The molecule has 1 aliphatic carbocycles. The number of benzene rings is 1. The van der Waals surface area contributed by atoms with E-state index in [0.717, 1.165) is 18.4 Å². The number of nitrogens with zero attached hydrogens (tertiary/aromatic N) is 2. The number of hydrogen-bond donors (Lipinski definition) is 0. The average Bonchev–Trinajstić information content (AvgIpc) is 3.46. The van der Waals surface area contributed by atoms with Gasteiger partial charge in [-0.05, 0) is 43.5 Å². The first-order valence-corrected chi connectivity index (χ1v) is 8.17. The van der Waals surface area contributed by atoms with E-state index in [1.807, 2.05) is 48.4 Å². The van der Waals surface area contributed by atoms with Crippen molar-refractivity contribution in [1.29, 1.82) is 0 Å². The van der Waals surface area contributed by atoms with Crippen LogP contribution < -0.4 is 9.47 Å². The Hall–Kier alpha value is -2.56. The molecule has 5 nitrogen and oxygen atoms in total. The zero-order valence-corrected chi connectivity index (χ0v) is 14.0. The second-order valence-electron chi connectivity index (χ2n) is 5.93. The van der Waals surface area contributed by atoms with Crippen LogP contribution >= 0.6 is 0 Å². The molecular weight excluding hydrogens is 304 g/mol. The number of ether oxygens (including phenoxy) is 2. The zero-order chi connectivity index (χ0) is 16.9. The third kappa shape index (κ3) is 3.67. The molecule has 24 heavy (non-hydrogen) atoms. The quantitative estimate of drug-likeness (QED) is 0.784. The predicted molar refractivity (Wildman–Crippen MR) is 91.0 cm³/mol. The molecule has 126 valence electrons. The van der Waals surface area contributed by atoms with Crippen LogP contribution in [0, 0.1) is 0 Å². The number of hydrogen-bond acceptors (Lipinski definition) is 4. The van der Waals surface area contributed by atoms with Gasteiger partial charge in [0.25, 0.3) is 5.91 Å². The predicted octanol–water partition coefficient (Wildman–Crippen LogP) is 3.22. The summed E-state index contributed by atoms with van der Waals surface area (Å²) < 4.78 is 11.0. The fraction of sp³-hybridized carbons (Fsp3) is 0.368. The number of rotatable bonds is 7. The van der Waals surface area contributed by atoms with Crippen LogP contribution in [0.25, 0.3) is 0 Å². The van der Waals surface area contributed by atoms with E-state index in [9.17, 15) is 4.79 Å². The maximum absolute atomic E-state index is 12.8. The van der Waals surface area contributed by atoms with E-state index in [0.29, 0.717) is 17.5 Å². The first-order valence-electron chi connectivity index (χ1n) is 8.17. The standard InChI is InChI=1S/C19H22N2O3/c1-14(15-6-5-11-20-12-15)21(16-9-10-16)19(22)13-24-18-8-4-3-7-17(18)23-2/h3-8,11-12,14,16H,9-10,13H2,1-2H3/t14-/m1/s1. The number of amides is 1. The minimum atomic E-state index is -0.0141. The lowest BCUT2D eigenvalue weighted by atomic mass is 10.1. The van der Waals surface area contributed by atoms with Crippen LogP contribution in [0.3, 0.4) is 0 Å². The molecule has 0 aliphatic heterocycles. The highest BCUT2D eigenvalue weighted by Crippen LogP contribution is 2.34. The van der Waals surface area contributed by atoms with E-state index in [1.54, 1.807) is 19.4 Å².